The number of carbonyl (C=O) groups is 1. The van der Waals surface area contributed by atoms with E-state index in [0.29, 0.717) is 10.9 Å². The van der Waals surface area contributed by atoms with Crippen molar-refractivity contribution in [2.24, 2.45) is 5.10 Å². The van der Waals surface area contributed by atoms with Gasteiger partial charge in [0.2, 0.25) is 0 Å². The molecule has 0 bridgehead atoms. The Morgan fingerprint density at radius 3 is 2.71 bits per heavy atom. The topological polar surface area (TPSA) is 97.7 Å². The summed E-state index contributed by atoms with van der Waals surface area (Å²) in [5.41, 5.74) is 3.48. The third-order valence-electron chi connectivity index (χ3n) is 3.58. The molecular formula is C19H14BrN3O4S. The molecule has 0 fully saturated rings. The number of hydrazone groups is 1. The smallest absolute Gasteiger partial charge is 0.271 e. The average Bonchev–Trinajstić information content (AvgIpc) is 3.03. The van der Waals surface area contributed by atoms with Gasteiger partial charge in [-0.15, -0.1) is 0 Å². The van der Waals surface area contributed by atoms with Crippen LogP contribution in [0.1, 0.15) is 21.7 Å². The number of furan rings is 1. The zero-order valence-electron chi connectivity index (χ0n) is 14.6. The van der Waals surface area contributed by atoms with Crippen molar-refractivity contribution in [1.82, 2.24) is 5.43 Å². The van der Waals surface area contributed by atoms with E-state index in [2.05, 4.69) is 26.5 Å². The molecule has 1 N–H and O–H groups in total. The van der Waals surface area contributed by atoms with Gasteiger partial charge in [0, 0.05) is 28.7 Å². The van der Waals surface area contributed by atoms with Crippen molar-refractivity contribution < 1.29 is 14.1 Å². The maximum Gasteiger partial charge on any atom is 0.271 e. The van der Waals surface area contributed by atoms with Gasteiger partial charge in [0.1, 0.15) is 5.76 Å². The summed E-state index contributed by atoms with van der Waals surface area (Å²) in [4.78, 5) is 23.3. The summed E-state index contributed by atoms with van der Waals surface area (Å²) in [6, 6.07) is 15.2. The predicted octanol–water partition coefficient (Wildman–Crippen LogP) is 5.17. The van der Waals surface area contributed by atoms with E-state index >= 15 is 0 Å². The Balaban J connectivity index is 1.64. The average molecular weight is 460 g/mol. The molecule has 1 heterocycles. The van der Waals surface area contributed by atoms with E-state index in [0.717, 1.165) is 9.37 Å². The number of halogens is 1. The summed E-state index contributed by atoms with van der Waals surface area (Å²) < 4.78 is 6.48. The summed E-state index contributed by atoms with van der Waals surface area (Å²) in [5.74, 6) is -0.111. The maximum atomic E-state index is 12.1. The molecule has 0 aliphatic heterocycles. The van der Waals surface area contributed by atoms with Crippen LogP contribution in [0.3, 0.4) is 0 Å². The highest BCUT2D eigenvalue weighted by Gasteiger charge is 2.12. The van der Waals surface area contributed by atoms with Gasteiger partial charge in [-0.3, -0.25) is 14.9 Å². The second-order valence-electron chi connectivity index (χ2n) is 5.71. The molecule has 0 atom stereocenters. The van der Waals surface area contributed by atoms with E-state index in [4.69, 9.17) is 4.42 Å². The molecule has 7 nitrogen and oxygen atoms in total. The zero-order chi connectivity index (χ0) is 20.1. The van der Waals surface area contributed by atoms with E-state index in [1.54, 1.807) is 6.07 Å². The fourth-order valence-corrected chi connectivity index (χ4v) is 3.53. The highest BCUT2D eigenvalue weighted by Crippen LogP contribution is 2.35. The van der Waals surface area contributed by atoms with Crippen LogP contribution in [0.2, 0.25) is 0 Å². The fraction of sp³-hybridized carbons (Fsp3) is 0.0526. The molecule has 28 heavy (non-hydrogen) atoms. The lowest BCUT2D eigenvalue weighted by Gasteiger charge is -2.00. The van der Waals surface area contributed by atoms with E-state index in [1.807, 2.05) is 31.2 Å². The first-order valence-electron chi connectivity index (χ1n) is 8.04. The number of nitro groups is 1. The maximum absolute atomic E-state index is 12.1. The molecule has 0 spiro atoms. The van der Waals surface area contributed by atoms with Crippen molar-refractivity contribution in [2.75, 3.05) is 0 Å². The molecular weight excluding hydrogens is 446 g/mol. The first-order valence-corrected chi connectivity index (χ1v) is 9.65. The van der Waals surface area contributed by atoms with Crippen molar-refractivity contribution in [2.45, 2.75) is 16.9 Å². The van der Waals surface area contributed by atoms with Gasteiger partial charge < -0.3 is 4.42 Å². The summed E-state index contributed by atoms with van der Waals surface area (Å²) in [6.45, 7) is 2.02. The van der Waals surface area contributed by atoms with Crippen LogP contribution in [0, 0.1) is 17.0 Å². The lowest BCUT2D eigenvalue weighted by molar-refractivity contribution is -0.384. The van der Waals surface area contributed by atoms with Crippen molar-refractivity contribution in [3.05, 3.63) is 86.1 Å². The number of nitro benzene ring substituents is 1. The first kappa shape index (κ1) is 19.8. The fourth-order valence-electron chi connectivity index (χ4n) is 2.20. The number of non-ortho nitro benzene ring substituents is 1. The third kappa shape index (κ3) is 5.08. The Morgan fingerprint density at radius 1 is 1.25 bits per heavy atom. The Bertz CT molecular complexity index is 1050. The van der Waals surface area contributed by atoms with Gasteiger partial charge in [-0.2, -0.15) is 5.10 Å². The first-order chi connectivity index (χ1) is 13.4. The molecule has 0 saturated heterocycles. The number of hydrogen-bond donors (Lipinski definition) is 1. The minimum Gasteiger partial charge on any atom is -0.447 e. The van der Waals surface area contributed by atoms with Crippen LogP contribution in [0.15, 0.2) is 78.6 Å². The standard InChI is InChI=1S/C19H14BrN3O4S/c1-12-5-7-16(8-6-12)28-19-17(20)10-15(27-19)11-21-22-18(24)13-3-2-4-14(9-13)23(25)26/h2-11H,1H3,(H,22,24)/b21-11-. The van der Waals surface area contributed by atoms with E-state index in [1.165, 1.54) is 47.8 Å². The Labute approximate surface area is 173 Å². The molecule has 0 aliphatic carbocycles. The van der Waals surface area contributed by atoms with Gasteiger partial charge in [0.25, 0.3) is 11.6 Å². The number of carbonyl (C=O) groups excluding carboxylic acids is 1. The van der Waals surface area contributed by atoms with Crippen molar-refractivity contribution in [3.63, 3.8) is 0 Å². The molecule has 0 unspecified atom stereocenters. The van der Waals surface area contributed by atoms with E-state index in [9.17, 15) is 14.9 Å². The number of rotatable bonds is 6. The van der Waals surface area contributed by atoms with Crippen LogP contribution in [0.25, 0.3) is 0 Å². The number of aryl methyl sites for hydroxylation is 1. The lowest BCUT2D eigenvalue weighted by atomic mass is 10.2. The molecule has 3 rings (SSSR count). The Hall–Kier alpha value is -2.91. The molecule has 1 aromatic heterocycles. The summed E-state index contributed by atoms with van der Waals surface area (Å²) in [6.07, 6.45) is 1.36. The summed E-state index contributed by atoms with van der Waals surface area (Å²) >= 11 is 4.90. The summed E-state index contributed by atoms with van der Waals surface area (Å²) in [7, 11) is 0. The Morgan fingerprint density at radius 2 is 2.00 bits per heavy atom. The largest absolute Gasteiger partial charge is 0.447 e. The molecule has 0 saturated carbocycles. The number of hydrogen-bond acceptors (Lipinski definition) is 6. The van der Waals surface area contributed by atoms with E-state index < -0.39 is 10.8 Å². The molecule has 142 valence electrons. The third-order valence-corrected chi connectivity index (χ3v) is 5.43. The van der Waals surface area contributed by atoms with Crippen LogP contribution in [0.5, 0.6) is 0 Å². The van der Waals surface area contributed by atoms with Crippen molar-refractivity contribution in [1.29, 1.82) is 0 Å². The summed E-state index contributed by atoms with van der Waals surface area (Å²) in [5, 5.41) is 15.3. The molecule has 0 radical (unpaired) electrons. The minimum absolute atomic E-state index is 0.141. The van der Waals surface area contributed by atoms with Crippen LogP contribution in [0.4, 0.5) is 5.69 Å². The number of nitrogens with zero attached hydrogens (tertiary/aromatic N) is 2. The lowest BCUT2D eigenvalue weighted by Crippen LogP contribution is -2.17. The van der Waals surface area contributed by atoms with Crippen LogP contribution in [-0.2, 0) is 0 Å². The normalized spacial score (nSPS) is 10.9. The quantitative estimate of drug-likeness (QED) is 0.311. The predicted molar refractivity (Wildman–Crippen MR) is 110 cm³/mol. The highest BCUT2D eigenvalue weighted by molar-refractivity contribution is 9.10. The van der Waals surface area contributed by atoms with Gasteiger partial charge in [-0.05, 0) is 41.1 Å². The minimum atomic E-state index is -0.562. The molecule has 1 amide bonds. The van der Waals surface area contributed by atoms with Crippen molar-refractivity contribution in [3.8, 4) is 0 Å². The van der Waals surface area contributed by atoms with Gasteiger partial charge in [-0.1, -0.05) is 35.5 Å². The SMILES string of the molecule is Cc1ccc(Sc2oc(/C=N\NC(=O)c3cccc([N+](=O)[O-])c3)cc2Br)cc1. The van der Waals surface area contributed by atoms with Gasteiger partial charge in [0.05, 0.1) is 15.6 Å². The number of nitrogens with one attached hydrogen (secondary N) is 1. The van der Waals surface area contributed by atoms with Gasteiger partial charge >= 0.3 is 0 Å². The van der Waals surface area contributed by atoms with Gasteiger partial charge in [0.15, 0.2) is 5.09 Å². The van der Waals surface area contributed by atoms with Crippen LogP contribution in [-0.4, -0.2) is 17.0 Å². The second kappa shape index (κ2) is 8.85. The van der Waals surface area contributed by atoms with Crippen molar-refractivity contribution >= 4 is 45.5 Å². The highest BCUT2D eigenvalue weighted by atomic mass is 79.9. The zero-order valence-corrected chi connectivity index (χ0v) is 17.0. The second-order valence-corrected chi connectivity index (χ2v) is 7.61. The molecule has 2 aromatic carbocycles. The number of amides is 1. The molecule has 9 heteroatoms. The van der Waals surface area contributed by atoms with Crippen LogP contribution >= 0.6 is 27.7 Å². The van der Waals surface area contributed by atoms with E-state index in [-0.39, 0.29) is 11.3 Å². The number of benzene rings is 2. The van der Waals surface area contributed by atoms with Gasteiger partial charge in [-0.25, -0.2) is 5.43 Å². The van der Waals surface area contributed by atoms with Crippen LogP contribution < -0.4 is 5.43 Å². The molecule has 3 aromatic rings. The molecule has 0 aliphatic rings. The monoisotopic (exact) mass is 459 g/mol. The Kier molecular flexibility index (Phi) is 6.27.